The van der Waals surface area contributed by atoms with Gasteiger partial charge in [0.25, 0.3) is 10.0 Å². The summed E-state index contributed by atoms with van der Waals surface area (Å²) in [6, 6.07) is 0.794. The highest BCUT2D eigenvalue weighted by Gasteiger charge is 2.30. The van der Waals surface area contributed by atoms with E-state index in [1.807, 2.05) is 0 Å². The molecule has 9 heteroatoms. The molecule has 0 aromatic carbocycles. The van der Waals surface area contributed by atoms with E-state index in [0.29, 0.717) is 6.54 Å². The van der Waals surface area contributed by atoms with Crippen molar-refractivity contribution in [3.05, 3.63) is 16.2 Å². The molecule has 1 aromatic heterocycles. The van der Waals surface area contributed by atoms with Crippen LogP contribution in [0.15, 0.2) is 10.3 Å². The Morgan fingerprint density at radius 3 is 2.44 bits per heavy atom. The summed E-state index contributed by atoms with van der Waals surface area (Å²) < 4.78 is 25.7. The molecule has 18 heavy (non-hydrogen) atoms. The average molecular weight is 293 g/mol. The molecular formula is C9H15N3O4S2. The van der Waals surface area contributed by atoms with Gasteiger partial charge in [-0.1, -0.05) is 18.3 Å². The van der Waals surface area contributed by atoms with Gasteiger partial charge < -0.3 is 5.73 Å². The lowest BCUT2D eigenvalue weighted by Crippen LogP contribution is -2.36. The lowest BCUT2D eigenvalue weighted by atomic mass is 10.4. The predicted molar refractivity (Wildman–Crippen MR) is 70.1 cm³/mol. The standard InChI is InChI=1S/C9H15N3O4S2/c1-4-11(6(2)3)18(15,16)8-5-7(12(13)14)9(10)17-8/h5-6H,4,10H2,1-3H3. The van der Waals surface area contributed by atoms with Crippen molar-refractivity contribution >= 4 is 32.0 Å². The molecule has 2 N–H and O–H groups in total. The fraction of sp³-hybridized carbons (Fsp3) is 0.556. The Labute approximate surface area is 109 Å². The van der Waals surface area contributed by atoms with Gasteiger partial charge in [0, 0.05) is 18.7 Å². The SMILES string of the molecule is CCN(C(C)C)S(=O)(=O)c1cc([N+](=O)[O-])c(N)s1. The van der Waals surface area contributed by atoms with Gasteiger partial charge >= 0.3 is 5.69 Å². The Bertz CT molecular complexity index is 550. The fourth-order valence-corrected chi connectivity index (χ4v) is 4.56. The quantitative estimate of drug-likeness (QED) is 0.656. The van der Waals surface area contributed by atoms with E-state index < -0.39 is 14.9 Å². The highest BCUT2D eigenvalue weighted by Crippen LogP contribution is 2.36. The van der Waals surface area contributed by atoms with Crippen LogP contribution < -0.4 is 5.73 Å². The number of rotatable bonds is 5. The number of nitro groups is 1. The van der Waals surface area contributed by atoms with Crippen molar-refractivity contribution in [1.29, 1.82) is 0 Å². The zero-order chi connectivity index (χ0) is 14.1. The van der Waals surface area contributed by atoms with Crippen molar-refractivity contribution in [2.45, 2.75) is 31.0 Å². The molecule has 0 unspecified atom stereocenters. The fourth-order valence-electron chi connectivity index (χ4n) is 1.57. The van der Waals surface area contributed by atoms with Gasteiger partial charge in [-0.05, 0) is 13.8 Å². The Kier molecular flexibility index (Phi) is 4.30. The Hall–Kier alpha value is -1.19. The van der Waals surface area contributed by atoms with E-state index in [-0.39, 0.29) is 20.9 Å². The third kappa shape index (κ3) is 2.62. The molecule has 0 saturated carbocycles. The molecule has 1 rings (SSSR count). The van der Waals surface area contributed by atoms with E-state index in [1.165, 1.54) is 4.31 Å². The van der Waals surface area contributed by atoms with Crippen LogP contribution in [0.25, 0.3) is 0 Å². The topological polar surface area (TPSA) is 107 Å². The minimum atomic E-state index is -3.72. The molecule has 0 aliphatic rings. The average Bonchev–Trinajstić information content (AvgIpc) is 2.60. The van der Waals surface area contributed by atoms with Crippen LogP contribution in [-0.4, -0.2) is 30.2 Å². The monoisotopic (exact) mass is 293 g/mol. The molecule has 0 aliphatic heterocycles. The Morgan fingerprint density at radius 2 is 2.11 bits per heavy atom. The van der Waals surface area contributed by atoms with E-state index in [4.69, 9.17) is 5.73 Å². The van der Waals surface area contributed by atoms with Gasteiger partial charge in [0.2, 0.25) is 0 Å². The van der Waals surface area contributed by atoms with Crippen LogP contribution in [0.2, 0.25) is 0 Å². The lowest BCUT2D eigenvalue weighted by Gasteiger charge is -2.23. The van der Waals surface area contributed by atoms with Crippen molar-refractivity contribution in [2.75, 3.05) is 12.3 Å². The maximum atomic E-state index is 12.3. The zero-order valence-corrected chi connectivity index (χ0v) is 11.9. The molecule has 1 aromatic rings. The van der Waals surface area contributed by atoms with Gasteiger partial charge in [-0.15, -0.1) is 0 Å². The molecule has 7 nitrogen and oxygen atoms in total. The highest BCUT2D eigenvalue weighted by atomic mass is 32.2. The molecule has 0 aliphatic carbocycles. The number of anilines is 1. The molecule has 0 spiro atoms. The summed E-state index contributed by atoms with van der Waals surface area (Å²) in [5.74, 6) is 0. The predicted octanol–water partition coefficient (Wildman–Crippen LogP) is 1.66. The number of thiophene rings is 1. The highest BCUT2D eigenvalue weighted by molar-refractivity contribution is 7.91. The van der Waals surface area contributed by atoms with Crippen LogP contribution in [0.4, 0.5) is 10.7 Å². The van der Waals surface area contributed by atoms with Gasteiger partial charge in [0.1, 0.15) is 4.21 Å². The first-order valence-electron chi connectivity index (χ1n) is 5.27. The summed E-state index contributed by atoms with van der Waals surface area (Å²) in [6.45, 7) is 5.49. The van der Waals surface area contributed by atoms with Crippen molar-refractivity contribution in [3.63, 3.8) is 0 Å². The summed E-state index contributed by atoms with van der Waals surface area (Å²) in [5.41, 5.74) is 5.09. The second-order valence-corrected chi connectivity index (χ2v) is 7.08. The summed E-state index contributed by atoms with van der Waals surface area (Å²) in [5, 5.41) is 10.6. The zero-order valence-electron chi connectivity index (χ0n) is 10.3. The molecule has 0 amide bonds. The first-order chi connectivity index (χ1) is 8.21. The summed E-state index contributed by atoms with van der Waals surface area (Å²) >= 11 is 0.717. The van der Waals surface area contributed by atoms with Gasteiger partial charge in [0.15, 0.2) is 5.00 Å². The minimum Gasteiger partial charge on any atom is -0.385 e. The van der Waals surface area contributed by atoms with Crippen LogP contribution in [-0.2, 0) is 10.0 Å². The van der Waals surface area contributed by atoms with E-state index >= 15 is 0 Å². The number of hydrogen-bond acceptors (Lipinski definition) is 6. The van der Waals surface area contributed by atoms with Crippen LogP contribution in [0.3, 0.4) is 0 Å². The molecule has 0 fully saturated rings. The number of hydrogen-bond donors (Lipinski definition) is 1. The smallest absolute Gasteiger partial charge is 0.304 e. The van der Waals surface area contributed by atoms with E-state index in [2.05, 4.69) is 0 Å². The van der Waals surface area contributed by atoms with Crippen molar-refractivity contribution in [2.24, 2.45) is 0 Å². The van der Waals surface area contributed by atoms with Crippen LogP contribution in [0.1, 0.15) is 20.8 Å². The maximum Gasteiger partial charge on any atom is 0.304 e. The minimum absolute atomic E-state index is 0.0951. The second-order valence-electron chi connectivity index (χ2n) is 3.87. The molecule has 0 atom stereocenters. The number of sulfonamides is 1. The summed E-state index contributed by atoms with van der Waals surface area (Å²) in [4.78, 5) is 9.98. The number of nitrogens with two attached hydrogens (primary N) is 1. The third-order valence-electron chi connectivity index (χ3n) is 2.36. The van der Waals surface area contributed by atoms with E-state index in [1.54, 1.807) is 20.8 Å². The molecule has 1 heterocycles. The lowest BCUT2D eigenvalue weighted by molar-refractivity contribution is -0.383. The Morgan fingerprint density at radius 1 is 1.56 bits per heavy atom. The molecular weight excluding hydrogens is 278 g/mol. The van der Waals surface area contributed by atoms with Crippen molar-refractivity contribution < 1.29 is 13.3 Å². The van der Waals surface area contributed by atoms with Crippen LogP contribution in [0, 0.1) is 10.1 Å². The summed E-state index contributed by atoms with van der Waals surface area (Å²) in [7, 11) is -3.72. The largest absolute Gasteiger partial charge is 0.385 e. The van der Waals surface area contributed by atoms with Crippen LogP contribution >= 0.6 is 11.3 Å². The van der Waals surface area contributed by atoms with Gasteiger partial charge in [-0.25, -0.2) is 8.42 Å². The second kappa shape index (κ2) is 5.21. The number of nitrogen functional groups attached to an aromatic ring is 1. The maximum absolute atomic E-state index is 12.3. The molecule has 0 bridgehead atoms. The van der Waals surface area contributed by atoms with E-state index in [9.17, 15) is 18.5 Å². The normalized spacial score (nSPS) is 12.3. The van der Waals surface area contributed by atoms with Gasteiger partial charge in [-0.3, -0.25) is 10.1 Å². The van der Waals surface area contributed by atoms with Gasteiger partial charge in [-0.2, -0.15) is 4.31 Å². The first-order valence-corrected chi connectivity index (χ1v) is 7.53. The summed E-state index contributed by atoms with van der Waals surface area (Å²) in [6.07, 6.45) is 0. The van der Waals surface area contributed by atoms with E-state index in [0.717, 1.165) is 17.4 Å². The molecule has 0 saturated heterocycles. The molecule has 102 valence electrons. The third-order valence-corrected chi connectivity index (χ3v) is 5.92. The van der Waals surface area contributed by atoms with Crippen LogP contribution in [0.5, 0.6) is 0 Å². The van der Waals surface area contributed by atoms with Crippen molar-refractivity contribution in [3.8, 4) is 0 Å². The first kappa shape index (κ1) is 14.9. The molecule has 0 radical (unpaired) electrons. The van der Waals surface area contributed by atoms with Crippen molar-refractivity contribution in [1.82, 2.24) is 4.31 Å². The number of nitrogens with zero attached hydrogens (tertiary/aromatic N) is 2. The Balaban J connectivity index is 3.29. The van der Waals surface area contributed by atoms with Gasteiger partial charge in [0.05, 0.1) is 4.92 Å².